The predicted octanol–water partition coefficient (Wildman–Crippen LogP) is 2.10. The van der Waals surface area contributed by atoms with Crippen molar-refractivity contribution in [3.63, 3.8) is 0 Å². The zero-order chi connectivity index (χ0) is 11.0. The number of fused-ring (bicyclic) bond motifs is 1. The molecule has 0 aliphatic heterocycles. The van der Waals surface area contributed by atoms with E-state index in [1.54, 1.807) is 12.4 Å². The topological polar surface area (TPSA) is 43.1 Å². The lowest BCUT2D eigenvalue weighted by Gasteiger charge is -2.01. The van der Waals surface area contributed by atoms with Crippen molar-refractivity contribution in [2.45, 2.75) is 6.92 Å². The average molecular weight is 210 g/mol. The molecule has 0 aliphatic carbocycles. The fourth-order valence-electron chi connectivity index (χ4n) is 1.66. The molecule has 0 saturated carbocycles. The van der Waals surface area contributed by atoms with Crippen LogP contribution in [0, 0.1) is 6.92 Å². The van der Waals surface area contributed by atoms with Crippen molar-refractivity contribution < 1.29 is 0 Å². The minimum Gasteiger partial charge on any atom is -0.264 e. The minimum atomic E-state index is 0.866. The normalized spacial score (nSPS) is 10.8. The monoisotopic (exact) mass is 210 g/mol. The summed E-state index contributed by atoms with van der Waals surface area (Å²) in [5.41, 5.74) is 3.81. The lowest BCUT2D eigenvalue weighted by Crippen LogP contribution is -1.96. The summed E-state index contributed by atoms with van der Waals surface area (Å²) in [5.74, 6) is 0. The molecule has 3 aromatic rings. The van der Waals surface area contributed by atoms with E-state index in [9.17, 15) is 0 Å². The van der Waals surface area contributed by atoms with Crippen LogP contribution in [0.2, 0.25) is 0 Å². The van der Waals surface area contributed by atoms with Crippen LogP contribution in [0.15, 0.2) is 42.9 Å². The Morgan fingerprint density at radius 2 is 2.06 bits per heavy atom. The molecule has 0 saturated heterocycles. The molecule has 0 fully saturated rings. The number of aryl methyl sites for hydroxylation is 1. The number of aromatic nitrogens is 4. The molecule has 78 valence electrons. The molecule has 4 heteroatoms. The Morgan fingerprint density at radius 1 is 1.12 bits per heavy atom. The van der Waals surface area contributed by atoms with Crippen molar-refractivity contribution in [3.8, 4) is 11.3 Å². The predicted molar refractivity (Wildman–Crippen MR) is 61.0 cm³/mol. The molecular weight excluding hydrogens is 200 g/mol. The van der Waals surface area contributed by atoms with Crippen LogP contribution in [-0.4, -0.2) is 19.6 Å². The maximum Gasteiger partial charge on any atom is 0.153 e. The Balaban J connectivity index is 2.22. The zero-order valence-corrected chi connectivity index (χ0v) is 8.83. The summed E-state index contributed by atoms with van der Waals surface area (Å²) >= 11 is 0. The van der Waals surface area contributed by atoms with Gasteiger partial charge in [-0.25, -0.2) is 9.50 Å². The van der Waals surface area contributed by atoms with Gasteiger partial charge in [0.25, 0.3) is 0 Å². The van der Waals surface area contributed by atoms with Gasteiger partial charge in [-0.2, -0.15) is 5.10 Å². The summed E-state index contributed by atoms with van der Waals surface area (Å²) in [4.78, 5) is 8.32. The van der Waals surface area contributed by atoms with E-state index in [-0.39, 0.29) is 0 Å². The average Bonchev–Trinajstić information content (AvgIpc) is 2.72. The first-order chi connectivity index (χ1) is 7.84. The molecule has 0 atom stereocenters. The molecule has 0 radical (unpaired) electrons. The third-order valence-electron chi connectivity index (χ3n) is 2.49. The SMILES string of the molecule is Cc1cnc2ccc(-c3cccnc3)nn12. The van der Waals surface area contributed by atoms with Crippen LogP contribution in [-0.2, 0) is 0 Å². The highest BCUT2D eigenvalue weighted by atomic mass is 15.3. The van der Waals surface area contributed by atoms with E-state index in [0.717, 1.165) is 22.6 Å². The largest absolute Gasteiger partial charge is 0.264 e. The first-order valence-electron chi connectivity index (χ1n) is 5.06. The van der Waals surface area contributed by atoms with Crippen LogP contribution in [0.25, 0.3) is 16.9 Å². The smallest absolute Gasteiger partial charge is 0.153 e. The van der Waals surface area contributed by atoms with Gasteiger partial charge in [0.05, 0.1) is 17.6 Å². The standard InChI is InChI=1S/C12H10N4/c1-9-7-14-12-5-4-11(15-16(9)12)10-3-2-6-13-8-10/h2-8H,1H3. The first-order valence-corrected chi connectivity index (χ1v) is 5.06. The molecule has 16 heavy (non-hydrogen) atoms. The number of hydrogen-bond donors (Lipinski definition) is 0. The van der Waals surface area contributed by atoms with E-state index in [4.69, 9.17) is 0 Å². The summed E-state index contributed by atoms with van der Waals surface area (Å²) in [5, 5.41) is 4.52. The Hall–Kier alpha value is -2.23. The van der Waals surface area contributed by atoms with Gasteiger partial charge in [0.1, 0.15) is 0 Å². The maximum absolute atomic E-state index is 4.52. The second-order valence-corrected chi connectivity index (χ2v) is 3.63. The van der Waals surface area contributed by atoms with Gasteiger partial charge in [-0.05, 0) is 31.2 Å². The molecule has 0 bridgehead atoms. The van der Waals surface area contributed by atoms with Gasteiger partial charge in [-0.1, -0.05) is 0 Å². The van der Waals surface area contributed by atoms with Crippen molar-refractivity contribution in [2.75, 3.05) is 0 Å². The van der Waals surface area contributed by atoms with Gasteiger partial charge in [-0.15, -0.1) is 0 Å². The Labute approximate surface area is 92.6 Å². The third kappa shape index (κ3) is 1.35. The molecule has 0 aliphatic rings. The molecule has 3 aromatic heterocycles. The number of hydrogen-bond acceptors (Lipinski definition) is 3. The van der Waals surface area contributed by atoms with Gasteiger partial charge in [-0.3, -0.25) is 4.98 Å². The third-order valence-corrected chi connectivity index (χ3v) is 2.49. The highest BCUT2D eigenvalue weighted by Gasteiger charge is 2.03. The van der Waals surface area contributed by atoms with Crippen molar-refractivity contribution in [1.82, 2.24) is 19.6 Å². The van der Waals surface area contributed by atoms with Crippen LogP contribution in [0.1, 0.15) is 5.69 Å². The summed E-state index contributed by atoms with van der Waals surface area (Å²) in [7, 11) is 0. The van der Waals surface area contributed by atoms with Crippen molar-refractivity contribution in [2.24, 2.45) is 0 Å². The fraction of sp³-hybridized carbons (Fsp3) is 0.0833. The summed E-state index contributed by atoms with van der Waals surface area (Å²) < 4.78 is 1.84. The van der Waals surface area contributed by atoms with Crippen molar-refractivity contribution in [3.05, 3.63) is 48.5 Å². The Morgan fingerprint density at radius 3 is 2.88 bits per heavy atom. The van der Waals surface area contributed by atoms with Crippen LogP contribution in [0.5, 0.6) is 0 Å². The minimum absolute atomic E-state index is 0.866. The first kappa shape index (κ1) is 9.03. The molecule has 4 nitrogen and oxygen atoms in total. The molecule has 0 spiro atoms. The highest BCUT2D eigenvalue weighted by Crippen LogP contribution is 2.15. The number of pyridine rings is 1. The summed E-state index contributed by atoms with van der Waals surface area (Å²) in [6, 6.07) is 7.82. The molecular formula is C12H10N4. The van der Waals surface area contributed by atoms with Gasteiger partial charge < -0.3 is 0 Å². The Kier molecular flexibility index (Phi) is 1.93. The Bertz CT molecular complexity index is 628. The molecule has 0 amide bonds. The number of imidazole rings is 1. The maximum atomic E-state index is 4.52. The fourth-order valence-corrected chi connectivity index (χ4v) is 1.66. The summed E-state index contributed by atoms with van der Waals surface area (Å²) in [6.07, 6.45) is 5.38. The van der Waals surface area contributed by atoms with Gasteiger partial charge >= 0.3 is 0 Å². The van der Waals surface area contributed by atoms with E-state index >= 15 is 0 Å². The second kappa shape index (κ2) is 3.41. The van der Waals surface area contributed by atoms with Crippen LogP contribution < -0.4 is 0 Å². The van der Waals surface area contributed by atoms with Gasteiger partial charge in [0.2, 0.25) is 0 Å². The van der Waals surface area contributed by atoms with Crippen molar-refractivity contribution >= 4 is 5.65 Å². The molecule has 0 aromatic carbocycles. The second-order valence-electron chi connectivity index (χ2n) is 3.63. The molecule has 3 heterocycles. The molecule has 3 rings (SSSR count). The number of nitrogens with zero attached hydrogens (tertiary/aromatic N) is 4. The molecule has 0 N–H and O–H groups in total. The van der Waals surface area contributed by atoms with Crippen molar-refractivity contribution in [1.29, 1.82) is 0 Å². The number of rotatable bonds is 1. The van der Waals surface area contributed by atoms with E-state index in [1.165, 1.54) is 0 Å². The van der Waals surface area contributed by atoms with E-state index in [1.807, 2.05) is 41.9 Å². The summed E-state index contributed by atoms with van der Waals surface area (Å²) in [6.45, 7) is 1.99. The van der Waals surface area contributed by atoms with Crippen LogP contribution >= 0.6 is 0 Å². The van der Waals surface area contributed by atoms with Gasteiger partial charge in [0, 0.05) is 18.0 Å². The zero-order valence-electron chi connectivity index (χ0n) is 8.83. The quantitative estimate of drug-likeness (QED) is 0.617. The van der Waals surface area contributed by atoms with Crippen LogP contribution in [0.4, 0.5) is 0 Å². The lowest BCUT2D eigenvalue weighted by molar-refractivity contribution is 0.905. The lowest BCUT2D eigenvalue weighted by atomic mass is 10.2. The highest BCUT2D eigenvalue weighted by molar-refractivity contribution is 5.59. The van der Waals surface area contributed by atoms with E-state index in [2.05, 4.69) is 15.1 Å². The van der Waals surface area contributed by atoms with E-state index in [0.29, 0.717) is 0 Å². The van der Waals surface area contributed by atoms with Gasteiger partial charge in [0.15, 0.2) is 5.65 Å². The van der Waals surface area contributed by atoms with Crippen LogP contribution in [0.3, 0.4) is 0 Å². The molecule has 0 unspecified atom stereocenters. The van der Waals surface area contributed by atoms with E-state index < -0.39 is 0 Å².